The number of ether oxygens (including phenoxy) is 1. The van der Waals surface area contributed by atoms with Crippen molar-refractivity contribution in [1.29, 1.82) is 0 Å². The molecular weight excluding hydrogens is 248 g/mol. The molecule has 1 aromatic carbocycles. The Kier molecular flexibility index (Phi) is 8.31. The molecule has 114 valence electrons. The van der Waals surface area contributed by atoms with Crippen molar-refractivity contribution in [2.75, 3.05) is 26.7 Å². The number of rotatable bonds is 10. The average Bonchev–Trinajstić information content (AvgIpc) is 2.48. The molecule has 3 nitrogen and oxygen atoms in total. The van der Waals surface area contributed by atoms with Crippen LogP contribution in [-0.4, -0.2) is 37.7 Å². The van der Waals surface area contributed by atoms with Crippen LogP contribution < -0.4 is 10.1 Å². The largest absolute Gasteiger partial charge is 0.492 e. The second kappa shape index (κ2) is 9.78. The van der Waals surface area contributed by atoms with Crippen molar-refractivity contribution in [1.82, 2.24) is 10.2 Å². The third-order valence-electron chi connectivity index (χ3n) is 3.76. The van der Waals surface area contributed by atoms with Crippen molar-refractivity contribution < 1.29 is 4.74 Å². The molecule has 0 saturated carbocycles. The molecule has 0 aliphatic carbocycles. The Hall–Kier alpha value is -1.06. The fraction of sp³-hybridized carbons (Fsp3) is 0.647. The third kappa shape index (κ3) is 5.93. The highest BCUT2D eigenvalue weighted by atomic mass is 16.5. The fourth-order valence-corrected chi connectivity index (χ4v) is 2.02. The van der Waals surface area contributed by atoms with Crippen LogP contribution in [-0.2, 0) is 6.54 Å². The van der Waals surface area contributed by atoms with E-state index in [4.69, 9.17) is 4.74 Å². The molecule has 0 saturated heterocycles. The van der Waals surface area contributed by atoms with E-state index in [2.05, 4.69) is 56.2 Å². The molecular formula is C17H30N2O. The number of likely N-dealkylation sites (N-methyl/N-ethyl adjacent to an activating group) is 1. The topological polar surface area (TPSA) is 24.5 Å². The Morgan fingerprint density at radius 3 is 2.70 bits per heavy atom. The minimum Gasteiger partial charge on any atom is -0.492 e. The van der Waals surface area contributed by atoms with Crippen LogP contribution in [0.4, 0.5) is 0 Å². The van der Waals surface area contributed by atoms with Gasteiger partial charge in [0, 0.05) is 24.7 Å². The van der Waals surface area contributed by atoms with Gasteiger partial charge in [0.2, 0.25) is 0 Å². The van der Waals surface area contributed by atoms with Crippen molar-refractivity contribution in [2.45, 2.75) is 46.2 Å². The molecule has 3 heteroatoms. The number of hydrogen-bond donors (Lipinski definition) is 1. The lowest BCUT2D eigenvalue weighted by Crippen LogP contribution is -2.32. The molecule has 1 aromatic rings. The lowest BCUT2D eigenvalue weighted by molar-refractivity contribution is 0.196. The molecule has 1 unspecified atom stereocenters. The van der Waals surface area contributed by atoms with Crippen LogP contribution in [0, 0.1) is 0 Å². The first-order chi connectivity index (χ1) is 9.69. The zero-order valence-corrected chi connectivity index (χ0v) is 13.5. The predicted octanol–water partition coefficient (Wildman–Crippen LogP) is 3.30. The van der Waals surface area contributed by atoms with Crippen LogP contribution in [0.1, 0.15) is 39.2 Å². The highest BCUT2D eigenvalue weighted by molar-refractivity contribution is 5.33. The van der Waals surface area contributed by atoms with Crippen LogP contribution in [0.15, 0.2) is 24.3 Å². The van der Waals surface area contributed by atoms with E-state index < -0.39 is 0 Å². The van der Waals surface area contributed by atoms with Gasteiger partial charge in [0.25, 0.3) is 0 Å². The van der Waals surface area contributed by atoms with Crippen LogP contribution in [0.5, 0.6) is 5.75 Å². The van der Waals surface area contributed by atoms with Gasteiger partial charge in [0.1, 0.15) is 12.4 Å². The zero-order valence-electron chi connectivity index (χ0n) is 13.5. The molecule has 0 amide bonds. The molecule has 1 atom stereocenters. The fourth-order valence-electron chi connectivity index (χ4n) is 2.02. The maximum atomic E-state index is 5.95. The minimum atomic E-state index is 0.611. The Balaban J connectivity index is 2.42. The summed E-state index contributed by atoms with van der Waals surface area (Å²) in [5, 5.41) is 3.43. The second-order valence-corrected chi connectivity index (χ2v) is 5.37. The van der Waals surface area contributed by atoms with E-state index >= 15 is 0 Å². The molecule has 0 aliphatic rings. The molecule has 20 heavy (non-hydrogen) atoms. The molecule has 0 spiro atoms. The van der Waals surface area contributed by atoms with Crippen LogP contribution in [0.25, 0.3) is 0 Å². The predicted molar refractivity (Wildman–Crippen MR) is 86.3 cm³/mol. The molecule has 0 aliphatic heterocycles. The lowest BCUT2D eigenvalue weighted by atomic mass is 10.2. The Bertz CT molecular complexity index is 368. The van der Waals surface area contributed by atoms with Crippen molar-refractivity contribution in [3.63, 3.8) is 0 Å². The summed E-state index contributed by atoms with van der Waals surface area (Å²) < 4.78 is 5.95. The van der Waals surface area contributed by atoms with Gasteiger partial charge < -0.3 is 15.0 Å². The molecule has 0 fully saturated rings. The number of nitrogens with zero attached hydrogens (tertiary/aromatic N) is 1. The van der Waals surface area contributed by atoms with Gasteiger partial charge in [0.15, 0.2) is 0 Å². The van der Waals surface area contributed by atoms with Gasteiger partial charge in [-0.1, -0.05) is 32.0 Å². The standard InChI is InChI=1S/C17H30N2O/c1-5-11-18-14-16-9-7-8-10-17(16)20-13-12-19(4)15(3)6-2/h7-10,15,18H,5-6,11-14H2,1-4H3. The Labute approximate surface area is 124 Å². The maximum Gasteiger partial charge on any atom is 0.123 e. The summed E-state index contributed by atoms with van der Waals surface area (Å²) in [6.45, 7) is 10.3. The monoisotopic (exact) mass is 278 g/mol. The van der Waals surface area contributed by atoms with Crippen molar-refractivity contribution in [2.24, 2.45) is 0 Å². The lowest BCUT2D eigenvalue weighted by Gasteiger charge is -2.23. The summed E-state index contributed by atoms with van der Waals surface area (Å²) in [4.78, 5) is 2.35. The molecule has 1 rings (SSSR count). The van der Waals surface area contributed by atoms with Crippen LogP contribution in [0.3, 0.4) is 0 Å². The van der Waals surface area contributed by atoms with Crippen molar-refractivity contribution in [3.05, 3.63) is 29.8 Å². The molecule has 0 heterocycles. The normalized spacial score (nSPS) is 12.7. The van der Waals surface area contributed by atoms with Gasteiger partial charge in [-0.2, -0.15) is 0 Å². The number of para-hydroxylation sites is 1. The molecule has 0 aromatic heterocycles. The number of hydrogen-bond acceptors (Lipinski definition) is 3. The van der Waals surface area contributed by atoms with Gasteiger partial charge in [-0.05, 0) is 39.4 Å². The number of benzene rings is 1. The maximum absolute atomic E-state index is 5.95. The zero-order chi connectivity index (χ0) is 14.8. The van der Waals surface area contributed by atoms with Gasteiger partial charge in [-0.3, -0.25) is 0 Å². The highest BCUT2D eigenvalue weighted by Crippen LogP contribution is 2.17. The second-order valence-electron chi connectivity index (χ2n) is 5.37. The summed E-state index contributed by atoms with van der Waals surface area (Å²) in [6, 6.07) is 8.92. The number of nitrogens with one attached hydrogen (secondary N) is 1. The van der Waals surface area contributed by atoms with E-state index in [0.717, 1.165) is 38.4 Å². The SMILES string of the molecule is CCCNCc1ccccc1OCCN(C)C(C)CC. The summed E-state index contributed by atoms with van der Waals surface area (Å²) >= 11 is 0. The van der Waals surface area contributed by atoms with Crippen molar-refractivity contribution >= 4 is 0 Å². The van der Waals surface area contributed by atoms with Gasteiger partial charge in [-0.25, -0.2) is 0 Å². The summed E-state index contributed by atoms with van der Waals surface area (Å²) in [5.41, 5.74) is 1.24. The first-order valence-electron chi connectivity index (χ1n) is 7.80. The van der Waals surface area contributed by atoms with E-state index in [-0.39, 0.29) is 0 Å². The van der Waals surface area contributed by atoms with Gasteiger partial charge in [-0.15, -0.1) is 0 Å². The molecule has 1 N–H and O–H groups in total. The van der Waals surface area contributed by atoms with Gasteiger partial charge >= 0.3 is 0 Å². The summed E-state index contributed by atoms with van der Waals surface area (Å²) in [7, 11) is 2.16. The van der Waals surface area contributed by atoms with Gasteiger partial charge in [0.05, 0.1) is 0 Å². The quantitative estimate of drug-likeness (QED) is 0.665. The van der Waals surface area contributed by atoms with E-state index in [1.807, 2.05) is 6.07 Å². The van der Waals surface area contributed by atoms with Crippen LogP contribution in [0.2, 0.25) is 0 Å². The third-order valence-corrected chi connectivity index (χ3v) is 3.76. The van der Waals surface area contributed by atoms with Crippen molar-refractivity contribution in [3.8, 4) is 5.75 Å². The van der Waals surface area contributed by atoms with E-state index in [1.165, 1.54) is 12.0 Å². The van der Waals surface area contributed by atoms with Crippen LogP contribution >= 0.6 is 0 Å². The minimum absolute atomic E-state index is 0.611. The first kappa shape index (κ1) is 17.0. The average molecular weight is 278 g/mol. The van der Waals surface area contributed by atoms with E-state index in [9.17, 15) is 0 Å². The van der Waals surface area contributed by atoms with E-state index in [1.54, 1.807) is 0 Å². The molecule has 0 radical (unpaired) electrons. The smallest absolute Gasteiger partial charge is 0.123 e. The Morgan fingerprint density at radius 2 is 2.00 bits per heavy atom. The highest BCUT2D eigenvalue weighted by Gasteiger charge is 2.07. The molecule has 0 bridgehead atoms. The summed E-state index contributed by atoms with van der Waals surface area (Å²) in [6.07, 6.45) is 2.33. The Morgan fingerprint density at radius 1 is 1.25 bits per heavy atom. The van der Waals surface area contributed by atoms with E-state index in [0.29, 0.717) is 6.04 Å². The summed E-state index contributed by atoms with van der Waals surface area (Å²) in [5.74, 6) is 1.01. The first-order valence-corrected chi connectivity index (χ1v) is 7.80.